The number of hydrogen-bond donors (Lipinski definition) is 1. The highest BCUT2D eigenvalue weighted by Crippen LogP contribution is 2.38. The van der Waals surface area contributed by atoms with E-state index in [1.165, 1.54) is 0 Å². The molecule has 1 heterocycles. The second-order valence-electron chi connectivity index (χ2n) is 3.65. The number of benzene rings is 1. The maximum atomic E-state index is 10.9. The fourth-order valence-electron chi connectivity index (χ4n) is 1.76. The third-order valence-electron chi connectivity index (χ3n) is 2.56. The number of halogens is 1. The minimum Gasteiger partial charge on any atom is -0.493 e. The summed E-state index contributed by atoms with van der Waals surface area (Å²) >= 11 is 3.36. The zero-order chi connectivity index (χ0) is 11.7. The molecule has 5 heteroatoms. The first-order valence-electron chi connectivity index (χ1n) is 4.84. The lowest BCUT2D eigenvalue weighted by atomic mass is 9.96. The fraction of sp³-hybridized carbons (Fsp3) is 0.364. The molecule has 16 heavy (non-hydrogen) atoms. The van der Waals surface area contributed by atoms with Gasteiger partial charge in [-0.1, -0.05) is 15.9 Å². The number of fused-ring (bicyclic) bond motifs is 1. The molecule has 2 rings (SSSR count). The minimum atomic E-state index is -0.829. The van der Waals surface area contributed by atoms with Gasteiger partial charge in [-0.15, -0.1) is 0 Å². The molecular weight excluding hydrogens is 276 g/mol. The first kappa shape index (κ1) is 11.3. The van der Waals surface area contributed by atoms with E-state index in [-0.39, 0.29) is 6.61 Å². The van der Waals surface area contributed by atoms with Crippen LogP contribution in [0.4, 0.5) is 0 Å². The van der Waals surface area contributed by atoms with Crippen molar-refractivity contribution in [2.45, 2.75) is 6.42 Å². The predicted molar refractivity (Wildman–Crippen MR) is 61.0 cm³/mol. The van der Waals surface area contributed by atoms with Gasteiger partial charge in [0.25, 0.3) is 0 Å². The van der Waals surface area contributed by atoms with Gasteiger partial charge in [-0.05, 0) is 18.6 Å². The Kier molecular flexibility index (Phi) is 3.05. The second-order valence-corrected chi connectivity index (χ2v) is 4.56. The summed E-state index contributed by atoms with van der Waals surface area (Å²) < 4.78 is 11.5. The Morgan fingerprint density at radius 1 is 1.62 bits per heavy atom. The van der Waals surface area contributed by atoms with E-state index in [0.29, 0.717) is 17.9 Å². The van der Waals surface area contributed by atoms with Crippen molar-refractivity contribution in [3.8, 4) is 11.5 Å². The van der Waals surface area contributed by atoms with Crippen molar-refractivity contribution < 1.29 is 19.4 Å². The van der Waals surface area contributed by atoms with E-state index in [0.717, 1.165) is 10.0 Å². The zero-order valence-electron chi connectivity index (χ0n) is 8.70. The molecule has 0 amide bonds. The Balaban J connectivity index is 2.38. The van der Waals surface area contributed by atoms with Crippen LogP contribution in [0, 0.1) is 5.92 Å². The van der Waals surface area contributed by atoms with Crippen LogP contribution in [0.3, 0.4) is 0 Å². The third-order valence-corrected chi connectivity index (χ3v) is 3.02. The van der Waals surface area contributed by atoms with Gasteiger partial charge in [-0.25, -0.2) is 0 Å². The van der Waals surface area contributed by atoms with Crippen molar-refractivity contribution in [2.75, 3.05) is 13.7 Å². The highest BCUT2D eigenvalue weighted by Gasteiger charge is 2.27. The lowest BCUT2D eigenvalue weighted by Crippen LogP contribution is -2.28. The van der Waals surface area contributed by atoms with Crippen molar-refractivity contribution in [3.63, 3.8) is 0 Å². The number of carboxylic acid groups (broad SMARTS) is 1. The second kappa shape index (κ2) is 4.33. The molecule has 0 aliphatic carbocycles. The average Bonchev–Trinajstić information content (AvgIpc) is 2.26. The van der Waals surface area contributed by atoms with E-state index < -0.39 is 11.9 Å². The normalized spacial score (nSPS) is 18.5. The highest BCUT2D eigenvalue weighted by atomic mass is 79.9. The Hall–Kier alpha value is -1.23. The number of carboxylic acids is 1. The molecule has 0 radical (unpaired) electrons. The summed E-state index contributed by atoms with van der Waals surface area (Å²) in [5, 5.41) is 8.94. The fourth-order valence-corrected chi connectivity index (χ4v) is 2.24. The highest BCUT2D eigenvalue weighted by molar-refractivity contribution is 9.10. The number of methoxy groups -OCH3 is 1. The standard InChI is InChI=1S/C11H11BrO4/c1-15-9-4-8(12)3-6-2-7(11(13)14)5-16-10(6)9/h3-4,7H,2,5H2,1H3,(H,13,14). The average molecular weight is 287 g/mol. The van der Waals surface area contributed by atoms with Crippen molar-refractivity contribution in [1.82, 2.24) is 0 Å². The topological polar surface area (TPSA) is 55.8 Å². The summed E-state index contributed by atoms with van der Waals surface area (Å²) in [7, 11) is 1.56. The molecule has 0 saturated carbocycles. The molecule has 1 aromatic rings. The van der Waals surface area contributed by atoms with Crippen LogP contribution in [0.2, 0.25) is 0 Å². The predicted octanol–water partition coefficient (Wildman–Crippen LogP) is 2.09. The van der Waals surface area contributed by atoms with Crippen LogP contribution in [0.25, 0.3) is 0 Å². The quantitative estimate of drug-likeness (QED) is 0.905. The van der Waals surface area contributed by atoms with Gasteiger partial charge in [-0.2, -0.15) is 0 Å². The molecular formula is C11H11BrO4. The third kappa shape index (κ3) is 2.00. The minimum absolute atomic E-state index is 0.195. The van der Waals surface area contributed by atoms with Gasteiger partial charge in [0, 0.05) is 10.0 Å². The van der Waals surface area contributed by atoms with E-state index >= 15 is 0 Å². The maximum absolute atomic E-state index is 10.9. The molecule has 0 fully saturated rings. The molecule has 1 N–H and O–H groups in total. The van der Waals surface area contributed by atoms with E-state index in [1.807, 2.05) is 6.07 Å². The van der Waals surface area contributed by atoms with Crippen LogP contribution in [0.5, 0.6) is 11.5 Å². The van der Waals surface area contributed by atoms with Crippen LogP contribution >= 0.6 is 15.9 Å². The summed E-state index contributed by atoms with van der Waals surface area (Å²) in [6.07, 6.45) is 0.473. The number of ether oxygens (including phenoxy) is 2. The van der Waals surface area contributed by atoms with E-state index in [9.17, 15) is 4.79 Å². The van der Waals surface area contributed by atoms with E-state index in [4.69, 9.17) is 14.6 Å². The van der Waals surface area contributed by atoms with Gasteiger partial charge in [0.15, 0.2) is 11.5 Å². The number of hydrogen-bond acceptors (Lipinski definition) is 3. The van der Waals surface area contributed by atoms with Crippen LogP contribution in [-0.4, -0.2) is 24.8 Å². The van der Waals surface area contributed by atoms with Gasteiger partial charge >= 0.3 is 5.97 Å². The zero-order valence-corrected chi connectivity index (χ0v) is 10.3. The van der Waals surface area contributed by atoms with Crippen molar-refractivity contribution in [1.29, 1.82) is 0 Å². The lowest BCUT2D eigenvalue weighted by Gasteiger charge is -2.24. The summed E-state index contributed by atoms with van der Waals surface area (Å²) in [6.45, 7) is 0.195. The first-order valence-corrected chi connectivity index (χ1v) is 5.63. The Morgan fingerprint density at radius 2 is 2.38 bits per heavy atom. The van der Waals surface area contributed by atoms with E-state index in [1.54, 1.807) is 13.2 Å². The summed E-state index contributed by atoms with van der Waals surface area (Å²) in [4.78, 5) is 10.9. The van der Waals surface area contributed by atoms with Crippen LogP contribution in [-0.2, 0) is 11.2 Å². The molecule has 86 valence electrons. The van der Waals surface area contributed by atoms with Gasteiger partial charge in [0.05, 0.1) is 13.0 Å². The Bertz CT molecular complexity index is 430. The van der Waals surface area contributed by atoms with E-state index in [2.05, 4.69) is 15.9 Å². The monoisotopic (exact) mass is 286 g/mol. The number of rotatable bonds is 2. The smallest absolute Gasteiger partial charge is 0.310 e. The Morgan fingerprint density at radius 3 is 3.00 bits per heavy atom. The molecule has 1 aliphatic heterocycles. The molecule has 0 saturated heterocycles. The van der Waals surface area contributed by atoms with Gasteiger partial charge in [0.2, 0.25) is 0 Å². The number of aliphatic carboxylic acids is 1. The molecule has 0 aromatic heterocycles. The molecule has 1 aliphatic rings. The Labute approximate surface area is 101 Å². The molecule has 0 bridgehead atoms. The number of carbonyl (C=O) groups is 1. The molecule has 4 nitrogen and oxygen atoms in total. The summed E-state index contributed by atoms with van der Waals surface area (Å²) in [6, 6.07) is 3.67. The summed E-state index contributed by atoms with van der Waals surface area (Å²) in [5.41, 5.74) is 0.866. The van der Waals surface area contributed by atoms with Crippen LogP contribution in [0.15, 0.2) is 16.6 Å². The van der Waals surface area contributed by atoms with Crippen molar-refractivity contribution in [3.05, 3.63) is 22.2 Å². The SMILES string of the molecule is COc1cc(Br)cc2c1OCC(C(=O)O)C2. The molecule has 1 aromatic carbocycles. The molecule has 1 unspecified atom stereocenters. The van der Waals surface area contributed by atoms with Crippen molar-refractivity contribution >= 4 is 21.9 Å². The van der Waals surface area contributed by atoms with Gasteiger partial charge < -0.3 is 14.6 Å². The molecule has 0 spiro atoms. The maximum Gasteiger partial charge on any atom is 0.310 e. The first-order chi connectivity index (χ1) is 7.61. The van der Waals surface area contributed by atoms with Crippen LogP contribution < -0.4 is 9.47 Å². The molecule has 1 atom stereocenters. The largest absolute Gasteiger partial charge is 0.493 e. The van der Waals surface area contributed by atoms with Crippen LogP contribution in [0.1, 0.15) is 5.56 Å². The summed E-state index contributed by atoms with van der Waals surface area (Å²) in [5.74, 6) is -0.0208. The van der Waals surface area contributed by atoms with Gasteiger partial charge in [0.1, 0.15) is 6.61 Å². The van der Waals surface area contributed by atoms with Gasteiger partial charge in [-0.3, -0.25) is 4.79 Å². The lowest BCUT2D eigenvalue weighted by molar-refractivity contribution is -0.143. The van der Waals surface area contributed by atoms with Crippen molar-refractivity contribution in [2.24, 2.45) is 5.92 Å².